The first-order chi connectivity index (χ1) is 4.20. The van der Waals surface area contributed by atoms with Crippen LogP contribution >= 0.6 is 12.4 Å². The monoisotopic (exact) mass is 169 g/mol. The van der Waals surface area contributed by atoms with E-state index in [0.717, 1.165) is 6.42 Å². The third-order valence-corrected chi connectivity index (χ3v) is 1.31. The second-order valence-electron chi connectivity index (χ2n) is 2.24. The molecule has 0 aliphatic carbocycles. The van der Waals surface area contributed by atoms with Crippen LogP contribution < -0.4 is 5.73 Å². The number of hydrogen-bond acceptors (Lipinski definition) is 3. The van der Waals surface area contributed by atoms with Crippen molar-refractivity contribution in [3.63, 3.8) is 0 Å². The third kappa shape index (κ3) is 6.29. The van der Waals surface area contributed by atoms with E-state index in [2.05, 4.69) is 0 Å². The first kappa shape index (κ1) is 12.8. The second-order valence-corrected chi connectivity index (χ2v) is 2.24. The molecule has 2 unspecified atom stereocenters. The minimum absolute atomic E-state index is 0. The smallest absolute Gasteiger partial charge is 0.0785 e. The summed E-state index contributed by atoms with van der Waals surface area (Å²) in [5, 5.41) is 17.2. The van der Waals surface area contributed by atoms with Crippen molar-refractivity contribution in [1.29, 1.82) is 0 Å². The number of halogens is 1. The number of aliphatic hydroxyl groups is 2. The van der Waals surface area contributed by atoms with E-state index in [1.807, 2.05) is 6.92 Å². The van der Waals surface area contributed by atoms with Crippen LogP contribution in [0.2, 0.25) is 0 Å². The van der Waals surface area contributed by atoms with Gasteiger partial charge < -0.3 is 15.9 Å². The molecule has 0 fully saturated rings. The van der Waals surface area contributed by atoms with Gasteiger partial charge in [0.25, 0.3) is 0 Å². The fourth-order valence-corrected chi connectivity index (χ4v) is 0.591. The molecule has 4 N–H and O–H groups in total. The lowest BCUT2D eigenvalue weighted by atomic mass is 10.1. The van der Waals surface area contributed by atoms with Gasteiger partial charge in [-0.25, -0.2) is 0 Å². The van der Waals surface area contributed by atoms with Crippen LogP contribution in [0.3, 0.4) is 0 Å². The first-order valence-corrected chi connectivity index (χ1v) is 3.25. The highest BCUT2D eigenvalue weighted by Crippen LogP contribution is 1.97. The Balaban J connectivity index is 0. The van der Waals surface area contributed by atoms with Crippen molar-refractivity contribution in [2.75, 3.05) is 6.61 Å². The highest BCUT2D eigenvalue weighted by atomic mass is 35.5. The Kier molecular flexibility index (Phi) is 9.33. The Hall–Kier alpha value is 0.170. The summed E-state index contributed by atoms with van der Waals surface area (Å²) in [4.78, 5) is 0. The molecule has 0 aliphatic heterocycles. The summed E-state index contributed by atoms with van der Waals surface area (Å²) in [6.45, 7) is 1.77. The number of aliphatic hydroxyl groups excluding tert-OH is 2. The van der Waals surface area contributed by atoms with E-state index in [1.165, 1.54) is 0 Å². The van der Waals surface area contributed by atoms with Crippen LogP contribution in [0.5, 0.6) is 0 Å². The van der Waals surface area contributed by atoms with Crippen LogP contribution in [0, 0.1) is 0 Å². The summed E-state index contributed by atoms with van der Waals surface area (Å²) in [5.41, 5.74) is 5.48. The molecule has 0 amide bonds. The van der Waals surface area contributed by atoms with Gasteiger partial charge >= 0.3 is 0 Å². The van der Waals surface area contributed by atoms with Gasteiger partial charge in [-0.05, 0) is 12.8 Å². The topological polar surface area (TPSA) is 66.5 Å². The summed E-state index contributed by atoms with van der Waals surface area (Å²) in [7, 11) is 0. The van der Waals surface area contributed by atoms with Gasteiger partial charge in [-0.15, -0.1) is 12.4 Å². The van der Waals surface area contributed by atoms with Crippen LogP contribution in [0.15, 0.2) is 0 Å². The van der Waals surface area contributed by atoms with Crippen molar-refractivity contribution in [2.24, 2.45) is 5.73 Å². The zero-order valence-electron chi connectivity index (χ0n) is 6.16. The Bertz CT molecular complexity index is 64.8. The molecule has 0 aromatic rings. The molecule has 0 rings (SSSR count). The lowest BCUT2D eigenvalue weighted by Crippen LogP contribution is -2.27. The van der Waals surface area contributed by atoms with Crippen LogP contribution in [0.1, 0.15) is 19.8 Å². The Labute approximate surface area is 67.6 Å². The van der Waals surface area contributed by atoms with Crippen LogP contribution in [0.25, 0.3) is 0 Å². The molecule has 64 valence electrons. The summed E-state index contributed by atoms with van der Waals surface area (Å²) >= 11 is 0. The van der Waals surface area contributed by atoms with Gasteiger partial charge in [-0.1, -0.05) is 6.92 Å². The Morgan fingerprint density at radius 1 is 1.50 bits per heavy atom. The molecule has 0 saturated heterocycles. The fourth-order valence-electron chi connectivity index (χ4n) is 0.591. The lowest BCUT2D eigenvalue weighted by molar-refractivity contribution is 0.0823. The average Bonchev–Trinajstić information content (AvgIpc) is 1.87. The molecule has 0 bridgehead atoms. The van der Waals surface area contributed by atoms with Gasteiger partial charge in [-0.2, -0.15) is 0 Å². The van der Waals surface area contributed by atoms with Gasteiger partial charge in [0, 0.05) is 6.04 Å². The molecule has 3 nitrogen and oxygen atoms in total. The average molecular weight is 170 g/mol. The summed E-state index contributed by atoms with van der Waals surface area (Å²) < 4.78 is 0. The maximum absolute atomic E-state index is 8.83. The highest BCUT2D eigenvalue weighted by molar-refractivity contribution is 5.85. The molecule has 0 saturated carbocycles. The molecule has 4 heteroatoms. The highest BCUT2D eigenvalue weighted by Gasteiger charge is 2.06. The van der Waals surface area contributed by atoms with Crippen LogP contribution in [-0.2, 0) is 0 Å². The predicted molar refractivity (Wildman–Crippen MR) is 43.2 cm³/mol. The molecule has 10 heavy (non-hydrogen) atoms. The quantitative estimate of drug-likeness (QED) is 0.550. The van der Waals surface area contributed by atoms with E-state index in [1.54, 1.807) is 0 Å². The molecule has 0 aromatic heterocycles. The molecule has 0 aromatic carbocycles. The van der Waals surface area contributed by atoms with Crippen LogP contribution in [-0.4, -0.2) is 29.0 Å². The Morgan fingerprint density at radius 3 is 2.30 bits per heavy atom. The van der Waals surface area contributed by atoms with Crippen LogP contribution in [0.4, 0.5) is 0 Å². The van der Waals surface area contributed by atoms with E-state index in [4.69, 9.17) is 15.9 Å². The molecule has 0 spiro atoms. The van der Waals surface area contributed by atoms with Crippen molar-refractivity contribution in [3.8, 4) is 0 Å². The fraction of sp³-hybridized carbons (Fsp3) is 1.00. The largest absolute Gasteiger partial charge is 0.394 e. The summed E-state index contributed by atoms with van der Waals surface area (Å²) in [6.07, 6.45) is 0.698. The maximum atomic E-state index is 8.83. The SMILES string of the molecule is CCC(N)CC(O)CO.Cl. The summed E-state index contributed by atoms with van der Waals surface area (Å²) in [6, 6.07) is 0.0205. The minimum Gasteiger partial charge on any atom is -0.394 e. The zero-order chi connectivity index (χ0) is 7.28. The number of nitrogens with two attached hydrogens (primary N) is 1. The first-order valence-electron chi connectivity index (χ1n) is 3.25. The van der Waals surface area contributed by atoms with Gasteiger partial charge in [0.15, 0.2) is 0 Å². The van der Waals surface area contributed by atoms with Crippen molar-refractivity contribution in [2.45, 2.75) is 31.9 Å². The van der Waals surface area contributed by atoms with E-state index in [9.17, 15) is 0 Å². The number of rotatable bonds is 4. The molecule has 0 aliphatic rings. The van der Waals surface area contributed by atoms with E-state index in [0.29, 0.717) is 6.42 Å². The third-order valence-electron chi connectivity index (χ3n) is 1.31. The second kappa shape index (κ2) is 7.28. The predicted octanol–water partition coefficient (Wildman–Crippen LogP) is -0.111. The van der Waals surface area contributed by atoms with Gasteiger partial charge in [0.2, 0.25) is 0 Å². The molecular formula is C6H16ClNO2. The van der Waals surface area contributed by atoms with E-state index >= 15 is 0 Å². The van der Waals surface area contributed by atoms with Crippen molar-refractivity contribution < 1.29 is 10.2 Å². The molecule has 2 atom stereocenters. The van der Waals surface area contributed by atoms with Crippen molar-refractivity contribution >= 4 is 12.4 Å². The van der Waals surface area contributed by atoms with Crippen molar-refractivity contribution in [3.05, 3.63) is 0 Å². The molecule has 0 radical (unpaired) electrons. The minimum atomic E-state index is -0.639. The number of hydrogen-bond donors (Lipinski definition) is 3. The van der Waals surface area contributed by atoms with Gasteiger partial charge in [-0.3, -0.25) is 0 Å². The van der Waals surface area contributed by atoms with E-state index < -0.39 is 6.10 Å². The maximum Gasteiger partial charge on any atom is 0.0785 e. The zero-order valence-corrected chi connectivity index (χ0v) is 6.97. The van der Waals surface area contributed by atoms with E-state index in [-0.39, 0.29) is 25.1 Å². The Morgan fingerprint density at radius 2 is 2.00 bits per heavy atom. The lowest BCUT2D eigenvalue weighted by Gasteiger charge is -2.11. The van der Waals surface area contributed by atoms with Gasteiger partial charge in [0.05, 0.1) is 12.7 Å². The standard InChI is InChI=1S/C6H15NO2.ClH/c1-2-5(7)3-6(9)4-8;/h5-6,8-9H,2-4,7H2,1H3;1H. The molecule has 0 heterocycles. The van der Waals surface area contributed by atoms with Crippen molar-refractivity contribution in [1.82, 2.24) is 0 Å². The molecular weight excluding hydrogens is 154 g/mol. The normalized spacial score (nSPS) is 15.6. The van der Waals surface area contributed by atoms with Gasteiger partial charge in [0.1, 0.15) is 0 Å². The summed E-state index contributed by atoms with van der Waals surface area (Å²) in [5.74, 6) is 0.